The zero-order chi connectivity index (χ0) is 11.5. The number of carbonyl (C=O) groups excluding carboxylic acids is 1. The van der Waals surface area contributed by atoms with Crippen LogP contribution in [0.25, 0.3) is 0 Å². The number of hydrogen-bond acceptors (Lipinski definition) is 1. The Balaban J connectivity index is 1.99. The van der Waals surface area contributed by atoms with Crippen molar-refractivity contribution in [1.82, 2.24) is 4.90 Å². The van der Waals surface area contributed by atoms with Crippen LogP contribution in [0.3, 0.4) is 0 Å². The first-order valence-electron chi connectivity index (χ1n) is 5.68. The molecule has 0 N–H and O–H groups in total. The summed E-state index contributed by atoms with van der Waals surface area (Å²) in [4.78, 5) is 13.0. The van der Waals surface area contributed by atoms with Crippen molar-refractivity contribution < 1.29 is 9.18 Å². The maximum Gasteiger partial charge on any atom is 0.219 e. The van der Waals surface area contributed by atoms with Crippen molar-refractivity contribution in [2.24, 2.45) is 0 Å². The van der Waals surface area contributed by atoms with E-state index in [1.165, 1.54) is 17.7 Å². The number of benzene rings is 1. The van der Waals surface area contributed by atoms with E-state index < -0.39 is 0 Å². The number of nitrogens with zero attached hydrogens (tertiary/aromatic N) is 1. The molecule has 1 aliphatic rings. The lowest BCUT2D eigenvalue weighted by Gasteiger charge is -2.31. The van der Waals surface area contributed by atoms with Crippen LogP contribution in [0.2, 0.25) is 0 Å². The van der Waals surface area contributed by atoms with E-state index in [2.05, 4.69) is 0 Å². The molecule has 1 amide bonds. The largest absolute Gasteiger partial charge is 0.343 e. The highest BCUT2D eigenvalue weighted by molar-refractivity contribution is 5.73. The van der Waals surface area contributed by atoms with E-state index in [-0.39, 0.29) is 11.7 Å². The van der Waals surface area contributed by atoms with Crippen LogP contribution in [0.5, 0.6) is 0 Å². The molecule has 1 fully saturated rings. The Morgan fingerprint density at radius 2 is 1.81 bits per heavy atom. The van der Waals surface area contributed by atoms with Gasteiger partial charge in [0.25, 0.3) is 0 Å². The predicted octanol–water partition coefficient (Wildman–Crippen LogP) is 2.55. The van der Waals surface area contributed by atoms with Crippen LogP contribution in [0.15, 0.2) is 24.3 Å². The topological polar surface area (TPSA) is 20.3 Å². The molecule has 0 spiro atoms. The minimum Gasteiger partial charge on any atom is -0.343 e. The quantitative estimate of drug-likeness (QED) is 0.713. The predicted molar refractivity (Wildman–Crippen MR) is 60.6 cm³/mol. The minimum atomic E-state index is -0.190. The summed E-state index contributed by atoms with van der Waals surface area (Å²) in [6.45, 7) is 3.24. The maximum atomic E-state index is 12.8. The molecule has 1 saturated heterocycles. The molecular weight excluding hydrogens is 205 g/mol. The van der Waals surface area contributed by atoms with Crippen molar-refractivity contribution in [2.45, 2.75) is 25.7 Å². The van der Waals surface area contributed by atoms with Crippen LogP contribution in [-0.4, -0.2) is 23.9 Å². The second kappa shape index (κ2) is 4.64. The average Bonchev–Trinajstić information content (AvgIpc) is 2.30. The van der Waals surface area contributed by atoms with Crippen LogP contribution in [-0.2, 0) is 4.79 Å². The van der Waals surface area contributed by atoms with E-state index in [9.17, 15) is 9.18 Å². The molecule has 0 aromatic heterocycles. The molecule has 2 nitrogen and oxygen atoms in total. The molecule has 0 aliphatic carbocycles. The summed E-state index contributed by atoms with van der Waals surface area (Å²) in [7, 11) is 0. The summed E-state index contributed by atoms with van der Waals surface area (Å²) in [6.07, 6.45) is 1.95. The third-order valence-electron chi connectivity index (χ3n) is 3.28. The molecule has 2 rings (SSSR count). The molecule has 1 heterocycles. The van der Waals surface area contributed by atoms with Crippen molar-refractivity contribution in [1.29, 1.82) is 0 Å². The summed E-state index contributed by atoms with van der Waals surface area (Å²) in [5.41, 5.74) is 1.18. The van der Waals surface area contributed by atoms with E-state index in [1.54, 1.807) is 6.92 Å². The van der Waals surface area contributed by atoms with Crippen LogP contribution in [0, 0.1) is 5.82 Å². The van der Waals surface area contributed by atoms with E-state index in [0.29, 0.717) is 5.92 Å². The molecule has 0 atom stereocenters. The van der Waals surface area contributed by atoms with Gasteiger partial charge in [0.15, 0.2) is 0 Å². The Morgan fingerprint density at radius 3 is 2.31 bits per heavy atom. The van der Waals surface area contributed by atoms with Gasteiger partial charge in [0.2, 0.25) is 5.91 Å². The van der Waals surface area contributed by atoms with Crippen molar-refractivity contribution in [2.75, 3.05) is 13.1 Å². The Kier molecular flexibility index (Phi) is 3.22. The molecular formula is C13H16FNO. The van der Waals surface area contributed by atoms with Gasteiger partial charge in [0.1, 0.15) is 5.82 Å². The zero-order valence-corrected chi connectivity index (χ0v) is 9.45. The summed E-state index contributed by atoms with van der Waals surface area (Å²) in [5.74, 6) is 0.429. The van der Waals surface area contributed by atoms with Crippen molar-refractivity contribution >= 4 is 5.91 Å². The van der Waals surface area contributed by atoms with Gasteiger partial charge in [-0.1, -0.05) is 12.1 Å². The second-order valence-electron chi connectivity index (χ2n) is 4.33. The monoisotopic (exact) mass is 221 g/mol. The summed E-state index contributed by atoms with van der Waals surface area (Å²) < 4.78 is 12.8. The standard InChI is InChI=1S/C13H16FNO/c1-10(16)15-8-6-12(7-9-15)11-2-4-13(14)5-3-11/h2-5,12H,6-9H2,1H3. The average molecular weight is 221 g/mol. The number of carbonyl (C=O) groups is 1. The van der Waals surface area contributed by atoms with Gasteiger partial charge in [-0.05, 0) is 36.5 Å². The Hall–Kier alpha value is -1.38. The SMILES string of the molecule is CC(=O)N1CCC(c2ccc(F)cc2)CC1. The van der Waals surface area contributed by atoms with E-state index in [4.69, 9.17) is 0 Å². The molecule has 1 aromatic carbocycles. The molecule has 0 unspecified atom stereocenters. The molecule has 0 saturated carbocycles. The van der Waals surface area contributed by atoms with Crippen molar-refractivity contribution in [3.05, 3.63) is 35.6 Å². The summed E-state index contributed by atoms with van der Waals surface area (Å²) in [5, 5.41) is 0. The molecule has 16 heavy (non-hydrogen) atoms. The fraction of sp³-hybridized carbons (Fsp3) is 0.462. The van der Waals surface area contributed by atoms with Crippen LogP contribution >= 0.6 is 0 Å². The highest BCUT2D eigenvalue weighted by atomic mass is 19.1. The molecule has 1 aliphatic heterocycles. The van der Waals surface area contributed by atoms with Crippen molar-refractivity contribution in [3.63, 3.8) is 0 Å². The van der Waals surface area contributed by atoms with E-state index in [0.717, 1.165) is 25.9 Å². The number of rotatable bonds is 1. The number of halogens is 1. The Labute approximate surface area is 95.1 Å². The van der Waals surface area contributed by atoms with E-state index >= 15 is 0 Å². The number of likely N-dealkylation sites (tertiary alicyclic amines) is 1. The van der Waals surface area contributed by atoms with Crippen LogP contribution in [0.4, 0.5) is 4.39 Å². The molecule has 0 radical (unpaired) electrons. The van der Waals surface area contributed by atoms with E-state index in [1.807, 2.05) is 17.0 Å². The van der Waals surface area contributed by atoms with Gasteiger partial charge in [-0.25, -0.2) is 4.39 Å². The van der Waals surface area contributed by atoms with Gasteiger partial charge in [0, 0.05) is 20.0 Å². The van der Waals surface area contributed by atoms with Crippen LogP contribution in [0.1, 0.15) is 31.2 Å². The third kappa shape index (κ3) is 2.40. The lowest BCUT2D eigenvalue weighted by molar-refractivity contribution is -0.129. The molecule has 0 bridgehead atoms. The lowest BCUT2D eigenvalue weighted by atomic mass is 9.89. The normalized spacial score (nSPS) is 17.5. The lowest BCUT2D eigenvalue weighted by Crippen LogP contribution is -2.36. The van der Waals surface area contributed by atoms with Gasteiger partial charge >= 0.3 is 0 Å². The van der Waals surface area contributed by atoms with Gasteiger partial charge in [-0.3, -0.25) is 4.79 Å². The highest BCUT2D eigenvalue weighted by Gasteiger charge is 2.21. The summed E-state index contributed by atoms with van der Waals surface area (Å²) >= 11 is 0. The fourth-order valence-electron chi connectivity index (χ4n) is 2.26. The first-order valence-corrected chi connectivity index (χ1v) is 5.68. The number of amides is 1. The molecule has 3 heteroatoms. The molecule has 1 aromatic rings. The summed E-state index contributed by atoms with van der Waals surface area (Å²) in [6, 6.07) is 6.71. The fourth-order valence-corrected chi connectivity index (χ4v) is 2.26. The molecule has 86 valence electrons. The second-order valence-corrected chi connectivity index (χ2v) is 4.33. The van der Waals surface area contributed by atoms with Gasteiger partial charge in [-0.15, -0.1) is 0 Å². The zero-order valence-electron chi connectivity index (χ0n) is 9.45. The minimum absolute atomic E-state index is 0.151. The smallest absolute Gasteiger partial charge is 0.219 e. The number of hydrogen-bond donors (Lipinski definition) is 0. The third-order valence-corrected chi connectivity index (χ3v) is 3.28. The Morgan fingerprint density at radius 1 is 1.25 bits per heavy atom. The maximum absolute atomic E-state index is 12.8. The Bertz CT molecular complexity index is 366. The van der Waals surface area contributed by atoms with Gasteiger partial charge in [-0.2, -0.15) is 0 Å². The highest BCUT2D eigenvalue weighted by Crippen LogP contribution is 2.27. The van der Waals surface area contributed by atoms with Crippen molar-refractivity contribution in [3.8, 4) is 0 Å². The van der Waals surface area contributed by atoms with Gasteiger partial charge < -0.3 is 4.90 Å². The first kappa shape index (κ1) is 11.1. The van der Waals surface area contributed by atoms with Crippen LogP contribution < -0.4 is 0 Å². The van der Waals surface area contributed by atoms with Gasteiger partial charge in [0.05, 0.1) is 0 Å². The number of piperidine rings is 1. The first-order chi connectivity index (χ1) is 7.66.